The normalized spacial score (nSPS) is 12.8. The van der Waals surface area contributed by atoms with Crippen LogP contribution in [0.15, 0.2) is 35.5 Å². The van der Waals surface area contributed by atoms with Gasteiger partial charge in [-0.25, -0.2) is 0 Å². The van der Waals surface area contributed by atoms with Crippen LogP contribution in [0.4, 0.5) is 0 Å². The summed E-state index contributed by atoms with van der Waals surface area (Å²) in [6.07, 6.45) is 7.46. The summed E-state index contributed by atoms with van der Waals surface area (Å²) in [7, 11) is 0. The fourth-order valence-corrected chi connectivity index (χ4v) is 2.89. The molecular formula is C21H33N3O2. The highest BCUT2D eigenvalue weighted by Crippen LogP contribution is 2.32. The Kier molecular flexibility index (Phi) is 9.21. The van der Waals surface area contributed by atoms with Crippen LogP contribution in [-0.2, 0) is 11.3 Å². The molecule has 0 radical (unpaired) electrons. The largest absolute Gasteiger partial charge is 0.356 e. The van der Waals surface area contributed by atoms with Crippen molar-refractivity contribution in [2.45, 2.75) is 64.8 Å². The van der Waals surface area contributed by atoms with Crippen LogP contribution in [0.5, 0.6) is 0 Å². The van der Waals surface area contributed by atoms with Gasteiger partial charge >= 0.3 is 0 Å². The lowest BCUT2D eigenvalue weighted by Gasteiger charge is -2.08. The minimum absolute atomic E-state index is 0.134. The Morgan fingerprint density at radius 3 is 2.38 bits per heavy atom. The fraction of sp³-hybridized carbons (Fsp3) is 0.571. The maximum absolute atomic E-state index is 11.8. The van der Waals surface area contributed by atoms with E-state index in [-0.39, 0.29) is 5.91 Å². The molecule has 0 bridgehead atoms. The van der Waals surface area contributed by atoms with Crippen molar-refractivity contribution in [3.63, 3.8) is 0 Å². The number of carbonyl (C=O) groups is 1. The SMILES string of the molecule is Cc1ccc(CNCCCCNC(=O)CCCCC(NO)=C2CC2)cc1. The molecule has 26 heavy (non-hydrogen) atoms. The first-order chi connectivity index (χ1) is 12.7. The zero-order valence-corrected chi connectivity index (χ0v) is 15.9. The van der Waals surface area contributed by atoms with Crippen molar-refractivity contribution in [2.24, 2.45) is 0 Å². The molecule has 5 nitrogen and oxygen atoms in total. The smallest absolute Gasteiger partial charge is 0.219 e. The Balaban J connectivity index is 1.40. The van der Waals surface area contributed by atoms with Gasteiger partial charge in [0.05, 0.1) is 0 Å². The second-order valence-electron chi connectivity index (χ2n) is 7.12. The zero-order valence-electron chi connectivity index (χ0n) is 15.9. The average molecular weight is 360 g/mol. The summed E-state index contributed by atoms with van der Waals surface area (Å²) in [6.45, 7) is 4.71. The summed E-state index contributed by atoms with van der Waals surface area (Å²) < 4.78 is 0. The Labute approximate surface area is 157 Å². The van der Waals surface area contributed by atoms with E-state index in [1.165, 1.54) is 16.7 Å². The molecule has 1 aromatic rings. The van der Waals surface area contributed by atoms with E-state index in [9.17, 15) is 4.79 Å². The van der Waals surface area contributed by atoms with Gasteiger partial charge in [0.25, 0.3) is 0 Å². The van der Waals surface area contributed by atoms with E-state index >= 15 is 0 Å². The van der Waals surface area contributed by atoms with E-state index < -0.39 is 0 Å². The molecule has 1 aliphatic rings. The van der Waals surface area contributed by atoms with E-state index in [2.05, 4.69) is 47.3 Å². The van der Waals surface area contributed by atoms with Crippen molar-refractivity contribution in [1.82, 2.24) is 16.1 Å². The molecule has 144 valence electrons. The van der Waals surface area contributed by atoms with Gasteiger partial charge in [0, 0.05) is 25.2 Å². The molecule has 0 atom stereocenters. The number of benzene rings is 1. The summed E-state index contributed by atoms with van der Waals surface area (Å²) >= 11 is 0. The van der Waals surface area contributed by atoms with Gasteiger partial charge in [0.15, 0.2) is 0 Å². The van der Waals surface area contributed by atoms with Gasteiger partial charge in [0.1, 0.15) is 0 Å². The predicted molar refractivity (Wildman–Crippen MR) is 105 cm³/mol. The van der Waals surface area contributed by atoms with Crippen LogP contribution >= 0.6 is 0 Å². The van der Waals surface area contributed by atoms with Crippen LogP contribution in [-0.4, -0.2) is 24.2 Å². The number of hydrogen-bond donors (Lipinski definition) is 4. The van der Waals surface area contributed by atoms with Gasteiger partial charge in [-0.1, -0.05) is 29.8 Å². The van der Waals surface area contributed by atoms with Crippen molar-refractivity contribution >= 4 is 5.91 Å². The minimum Gasteiger partial charge on any atom is -0.356 e. The van der Waals surface area contributed by atoms with Crippen LogP contribution in [0, 0.1) is 6.92 Å². The van der Waals surface area contributed by atoms with E-state index in [0.717, 1.165) is 70.3 Å². The van der Waals surface area contributed by atoms with Crippen molar-refractivity contribution in [2.75, 3.05) is 13.1 Å². The van der Waals surface area contributed by atoms with Crippen LogP contribution in [0.3, 0.4) is 0 Å². The first-order valence-electron chi connectivity index (χ1n) is 9.83. The number of hydrogen-bond acceptors (Lipinski definition) is 4. The summed E-state index contributed by atoms with van der Waals surface area (Å²) in [5, 5.41) is 15.5. The molecule has 0 aromatic heterocycles. The number of unbranched alkanes of at least 4 members (excludes halogenated alkanes) is 2. The van der Waals surface area contributed by atoms with Gasteiger partial charge in [0.2, 0.25) is 5.91 Å². The molecule has 5 heteroatoms. The third-order valence-corrected chi connectivity index (χ3v) is 4.69. The van der Waals surface area contributed by atoms with Gasteiger partial charge in [-0.2, -0.15) is 0 Å². The topological polar surface area (TPSA) is 73.4 Å². The summed E-state index contributed by atoms with van der Waals surface area (Å²) in [5.74, 6) is 0.134. The lowest BCUT2D eigenvalue weighted by atomic mass is 10.1. The molecule has 0 aliphatic heterocycles. The first-order valence-corrected chi connectivity index (χ1v) is 9.83. The molecule has 1 aliphatic carbocycles. The number of amides is 1. The maximum atomic E-state index is 11.8. The summed E-state index contributed by atoms with van der Waals surface area (Å²) in [5.41, 5.74) is 7.18. The standard InChI is InChI=1S/C21H33N3O2/c1-17-8-10-18(11-9-17)16-22-14-4-5-15-23-21(25)7-3-2-6-20(24-26)19-12-13-19/h8-11,22,24,26H,2-7,12-16H2,1H3,(H,23,25). The second-order valence-corrected chi connectivity index (χ2v) is 7.12. The predicted octanol–water partition coefficient (Wildman–Crippen LogP) is 3.57. The Morgan fingerprint density at radius 2 is 1.69 bits per heavy atom. The van der Waals surface area contributed by atoms with Gasteiger partial charge < -0.3 is 10.6 Å². The van der Waals surface area contributed by atoms with E-state index in [1.807, 2.05) is 0 Å². The highest BCUT2D eigenvalue weighted by molar-refractivity contribution is 5.75. The average Bonchev–Trinajstić information content (AvgIpc) is 3.47. The Bertz CT molecular complexity index is 575. The number of rotatable bonds is 13. The highest BCUT2D eigenvalue weighted by Gasteiger charge is 2.16. The van der Waals surface area contributed by atoms with Crippen LogP contribution in [0.25, 0.3) is 0 Å². The third-order valence-electron chi connectivity index (χ3n) is 4.69. The minimum atomic E-state index is 0.134. The summed E-state index contributed by atoms with van der Waals surface area (Å²) in [6, 6.07) is 8.58. The number of allylic oxidation sites excluding steroid dienone is 2. The lowest BCUT2D eigenvalue weighted by Crippen LogP contribution is -2.25. The Morgan fingerprint density at radius 1 is 1.00 bits per heavy atom. The highest BCUT2D eigenvalue weighted by atomic mass is 16.5. The third kappa shape index (κ3) is 8.50. The van der Waals surface area contributed by atoms with Crippen molar-refractivity contribution in [1.29, 1.82) is 0 Å². The quantitative estimate of drug-likeness (QED) is 0.321. The van der Waals surface area contributed by atoms with Crippen molar-refractivity contribution < 1.29 is 10.0 Å². The van der Waals surface area contributed by atoms with Crippen molar-refractivity contribution in [3.05, 3.63) is 46.7 Å². The number of nitrogens with one attached hydrogen (secondary N) is 3. The molecule has 1 amide bonds. The molecule has 0 unspecified atom stereocenters. The number of hydroxylamine groups is 1. The Hall–Kier alpha value is -1.85. The monoisotopic (exact) mass is 359 g/mol. The van der Waals surface area contributed by atoms with Crippen LogP contribution < -0.4 is 16.1 Å². The molecular weight excluding hydrogens is 326 g/mol. The molecule has 0 heterocycles. The van der Waals surface area contributed by atoms with E-state index in [1.54, 1.807) is 0 Å². The molecule has 0 spiro atoms. The van der Waals surface area contributed by atoms with Crippen LogP contribution in [0.2, 0.25) is 0 Å². The first kappa shape index (κ1) is 20.5. The number of carbonyl (C=O) groups excluding carboxylic acids is 1. The van der Waals surface area contributed by atoms with Crippen LogP contribution in [0.1, 0.15) is 62.5 Å². The second kappa shape index (κ2) is 11.7. The fourth-order valence-electron chi connectivity index (χ4n) is 2.89. The van der Waals surface area contributed by atoms with Gasteiger partial charge in [-0.3, -0.25) is 15.5 Å². The molecule has 1 fully saturated rings. The molecule has 4 N–H and O–H groups in total. The molecule has 0 saturated heterocycles. The van der Waals surface area contributed by atoms with E-state index in [0.29, 0.717) is 6.42 Å². The lowest BCUT2D eigenvalue weighted by molar-refractivity contribution is -0.121. The van der Waals surface area contributed by atoms with Gasteiger partial charge in [-0.05, 0) is 69.6 Å². The molecule has 2 rings (SSSR count). The summed E-state index contributed by atoms with van der Waals surface area (Å²) in [4.78, 5) is 11.8. The zero-order chi connectivity index (χ0) is 18.6. The van der Waals surface area contributed by atoms with Crippen molar-refractivity contribution in [3.8, 4) is 0 Å². The van der Waals surface area contributed by atoms with Gasteiger partial charge in [-0.15, -0.1) is 0 Å². The number of aryl methyl sites for hydroxylation is 1. The molecule has 1 aromatic carbocycles. The van der Waals surface area contributed by atoms with E-state index in [4.69, 9.17) is 5.21 Å². The maximum Gasteiger partial charge on any atom is 0.219 e. The molecule has 1 saturated carbocycles.